The van der Waals surface area contributed by atoms with Crippen molar-refractivity contribution in [2.45, 2.75) is 12.8 Å². The standard InChI is InChI=1S/C17H18ClNO4/c1-19(8-2-3-17(21)22)16(20)7-4-12-9-13-10-14(18)5-6-15(13)23-11-12/h4-7,9-10H,2-3,8,11H2,1H3,(H,21,22)/b7-4+. The van der Waals surface area contributed by atoms with Crippen LogP contribution in [-0.4, -0.2) is 42.1 Å². The number of benzene rings is 1. The van der Waals surface area contributed by atoms with Gasteiger partial charge in [-0.3, -0.25) is 9.59 Å². The number of nitrogens with zero attached hydrogens (tertiary/aromatic N) is 1. The average molecular weight is 336 g/mol. The SMILES string of the molecule is CN(CCCC(=O)O)C(=O)/C=C/C1=Cc2cc(Cl)ccc2OC1. The molecule has 1 aliphatic heterocycles. The molecule has 122 valence electrons. The van der Waals surface area contributed by atoms with Crippen LogP contribution < -0.4 is 4.74 Å². The van der Waals surface area contributed by atoms with Gasteiger partial charge in [0.25, 0.3) is 0 Å². The van der Waals surface area contributed by atoms with Crippen LogP contribution >= 0.6 is 11.6 Å². The molecule has 1 aliphatic rings. The Morgan fingerprint density at radius 1 is 1.43 bits per heavy atom. The molecule has 6 heteroatoms. The van der Waals surface area contributed by atoms with E-state index in [9.17, 15) is 9.59 Å². The molecule has 0 fully saturated rings. The molecule has 0 atom stereocenters. The second kappa shape index (κ2) is 7.83. The second-order valence-electron chi connectivity index (χ2n) is 5.28. The number of carbonyl (C=O) groups is 2. The van der Waals surface area contributed by atoms with E-state index < -0.39 is 5.97 Å². The van der Waals surface area contributed by atoms with Gasteiger partial charge in [-0.2, -0.15) is 0 Å². The zero-order chi connectivity index (χ0) is 16.8. The Bertz CT molecular complexity index is 667. The molecule has 1 amide bonds. The monoisotopic (exact) mass is 335 g/mol. The molecular weight excluding hydrogens is 318 g/mol. The van der Waals surface area contributed by atoms with E-state index in [1.807, 2.05) is 18.2 Å². The number of rotatable bonds is 6. The van der Waals surface area contributed by atoms with Crippen molar-refractivity contribution in [3.63, 3.8) is 0 Å². The van der Waals surface area contributed by atoms with Crippen molar-refractivity contribution in [1.82, 2.24) is 4.90 Å². The van der Waals surface area contributed by atoms with Crippen LogP contribution in [0.5, 0.6) is 5.75 Å². The van der Waals surface area contributed by atoms with Crippen LogP contribution in [0.3, 0.4) is 0 Å². The summed E-state index contributed by atoms with van der Waals surface area (Å²) in [4.78, 5) is 23.9. The maximum absolute atomic E-state index is 12.0. The fourth-order valence-corrected chi connectivity index (χ4v) is 2.33. The van der Waals surface area contributed by atoms with Crippen molar-refractivity contribution in [2.24, 2.45) is 0 Å². The molecule has 1 heterocycles. The van der Waals surface area contributed by atoms with E-state index in [-0.39, 0.29) is 12.3 Å². The highest BCUT2D eigenvalue weighted by atomic mass is 35.5. The summed E-state index contributed by atoms with van der Waals surface area (Å²) in [5.74, 6) is -0.264. The van der Waals surface area contributed by atoms with Gasteiger partial charge in [-0.05, 0) is 36.3 Å². The van der Waals surface area contributed by atoms with Gasteiger partial charge in [-0.1, -0.05) is 17.7 Å². The Kier molecular flexibility index (Phi) is 5.82. The van der Waals surface area contributed by atoms with Crippen molar-refractivity contribution >= 4 is 29.6 Å². The minimum atomic E-state index is -0.858. The van der Waals surface area contributed by atoms with E-state index >= 15 is 0 Å². The van der Waals surface area contributed by atoms with Gasteiger partial charge in [0.15, 0.2) is 0 Å². The minimum absolute atomic E-state index is 0.0534. The van der Waals surface area contributed by atoms with Gasteiger partial charge in [0.05, 0.1) is 0 Å². The van der Waals surface area contributed by atoms with Crippen LogP contribution in [0.15, 0.2) is 35.9 Å². The number of hydrogen-bond acceptors (Lipinski definition) is 3. The third kappa shape index (κ3) is 5.14. The van der Waals surface area contributed by atoms with Gasteiger partial charge >= 0.3 is 5.97 Å². The van der Waals surface area contributed by atoms with Crippen LogP contribution in [0.4, 0.5) is 0 Å². The van der Waals surface area contributed by atoms with E-state index in [1.165, 1.54) is 11.0 Å². The summed E-state index contributed by atoms with van der Waals surface area (Å²) in [5, 5.41) is 9.22. The highest BCUT2D eigenvalue weighted by Gasteiger charge is 2.11. The van der Waals surface area contributed by atoms with Crippen molar-refractivity contribution in [3.05, 3.63) is 46.5 Å². The molecule has 0 spiro atoms. The quantitative estimate of drug-likeness (QED) is 0.811. The molecule has 1 aromatic rings. The van der Waals surface area contributed by atoms with Gasteiger partial charge < -0.3 is 14.7 Å². The van der Waals surface area contributed by atoms with Gasteiger partial charge in [0.1, 0.15) is 12.4 Å². The zero-order valence-corrected chi connectivity index (χ0v) is 13.5. The van der Waals surface area contributed by atoms with E-state index in [1.54, 1.807) is 19.2 Å². The van der Waals surface area contributed by atoms with E-state index in [4.69, 9.17) is 21.4 Å². The zero-order valence-electron chi connectivity index (χ0n) is 12.8. The summed E-state index contributed by atoms with van der Waals surface area (Å²) in [6.45, 7) is 0.796. The smallest absolute Gasteiger partial charge is 0.303 e. The molecule has 0 radical (unpaired) electrons. The van der Waals surface area contributed by atoms with Crippen molar-refractivity contribution in [3.8, 4) is 5.75 Å². The number of hydrogen-bond donors (Lipinski definition) is 1. The van der Waals surface area contributed by atoms with E-state index in [0.29, 0.717) is 24.6 Å². The number of carbonyl (C=O) groups excluding carboxylic acids is 1. The third-order valence-corrected chi connectivity index (χ3v) is 3.64. The number of carboxylic acids is 1. The lowest BCUT2D eigenvalue weighted by molar-refractivity contribution is -0.137. The summed E-state index contributed by atoms with van der Waals surface area (Å²) in [7, 11) is 1.65. The Morgan fingerprint density at radius 2 is 2.22 bits per heavy atom. The maximum atomic E-state index is 12.0. The summed E-state index contributed by atoms with van der Waals surface area (Å²) >= 11 is 5.96. The number of carboxylic acid groups (broad SMARTS) is 1. The normalized spacial score (nSPS) is 13.2. The molecule has 23 heavy (non-hydrogen) atoms. The van der Waals surface area contributed by atoms with E-state index in [2.05, 4.69) is 0 Å². The number of ether oxygens (including phenoxy) is 1. The largest absolute Gasteiger partial charge is 0.488 e. The molecule has 0 saturated carbocycles. The topological polar surface area (TPSA) is 66.8 Å². The Balaban J connectivity index is 1.94. The van der Waals surface area contributed by atoms with Gasteiger partial charge in [0, 0.05) is 36.7 Å². The van der Waals surface area contributed by atoms with Gasteiger partial charge in [0.2, 0.25) is 5.91 Å². The number of aliphatic carboxylic acids is 1. The first-order chi connectivity index (χ1) is 11.0. The summed E-state index contributed by atoms with van der Waals surface area (Å²) < 4.78 is 5.61. The first-order valence-corrected chi connectivity index (χ1v) is 7.61. The highest BCUT2D eigenvalue weighted by molar-refractivity contribution is 6.30. The lowest BCUT2D eigenvalue weighted by Gasteiger charge is -2.17. The third-order valence-electron chi connectivity index (χ3n) is 3.41. The van der Waals surface area contributed by atoms with Crippen LogP contribution in [-0.2, 0) is 9.59 Å². The Morgan fingerprint density at radius 3 is 2.96 bits per heavy atom. The predicted molar refractivity (Wildman–Crippen MR) is 88.6 cm³/mol. The number of halogens is 1. The number of likely N-dealkylation sites (N-methyl/N-ethyl adjacent to an activating group) is 1. The van der Waals surface area contributed by atoms with Crippen LogP contribution in [0, 0.1) is 0 Å². The lowest BCUT2D eigenvalue weighted by atomic mass is 10.1. The average Bonchev–Trinajstić information content (AvgIpc) is 2.51. The Labute approximate surface area is 139 Å². The summed E-state index contributed by atoms with van der Waals surface area (Å²) in [6.07, 6.45) is 5.59. The lowest BCUT2D eigenvalue weighted by Crippen LogP contribution is -2.26. The van der Waals surface area contributed by atoms with E-state index in [0.717, 1.165) is 16.9 Å². The van der Waals surface area contributed by atoms with Crippen molar-refractivity contribution in [1.29, 1.82) is 0 Å². The molecule has 1 aromatic carbocycles. The maximum Gasteiger partial charge on any atom is 0.303 e. The molecule has 5 nitrogen and oxygen atoms in total. The van der Waals surface area contributed by atoms with Crippen LogP contribution in [0.25, 0.3) is 6.08 Å². The summed E-state index contributed by atoms with van der Waals surface area (Å²) in [5.41, 5.74) is 1.75. The van der Waals surface area contributed by atoms with Crippen molar-refractivity contribution in [2.75, 3.05) is 20.2 Å². The second-order valence-corrected chi connectivity index (χ2v) is 5.72. The molecule has 0 bridgehead atoms. The molecule has 0 aromatic heterocycles. The first-order valence-electron chi connectivity index (χ1n) is 7.23. The van der Waals surface area contributed by atoms with Gasteiger partial charge in [-0.25, -0.2) is 0 Å². The summed E-state index contributed by atoms with van der Waals surface area (Å²) in [6, 6.07) is 5.39. The van der Waals surface area contributed by atoms with Crippen LogP contribution in [0.1, 0.15) is 18.4 Å². The minimum Gasteiger partial charge on any atom is -0.488 e. The van der Waals surface area contributed by atoms with Crippen LogP contribution in [0.2, 0.25) is 5.02 Å². The fraction of sp³-hybridized carbons (Fsp3) is 0.294. The highest BCUT2D eigenvalue weighted by Crippen LogP contribution is 2.29. The van der Waals surface area contributed by atoms with Crippen molar-refractivity contribution < 1.29 is 19.4 Å². The Hall–Kier alpha value is -2.27. The molecule has 1 N–H and O–H groups in total. The number of fused-ring (bicyclic) bond motifs is 1. The first kappa shape index (κ1) is 17.1. The fourth-order valence-electron chi connectivity index (χ4n) is 2.15. The molecule has 0 saturated heterocycles. The molecule has 0 aliphatic carbocycles. The number of amides is 1. The molecule has 0 unspecified atom stereocenters. The predicted octanol–water partition coefficient (Wildman–Crippen LogP) is 3.00. The molecule has 2 rings (SSSR count). The van der Waals surface area contributed by atoms with Gasteiger partial charge in [-0.15, -0.1) is 0 Å². The molecular formula is C17H18ClNO4.